The number of ether oxygens (including phenoxy) is 1. The van der Waals surface area contributed by atoms with Gasteiger partial charge in [0, 0.05) is 25.0 Å². The summed E-state index contributed by atoms with van der Waals surface area (Å²) < 4.78 is 39.7. The maximum absolute atomic E-state index is 11.8. The Labute approximate surface area is 111 Å². The number of hydrogen-bond donors (Lipinski definition) is 2. The molecule has 7 heteroatoms. The number of halogens is 3. The molecule has 19 heavy (non-hydrogen) atoms. The third kappa shape index (κ3) is 8.05. The predicted molar refractivity (Wildman–Crippen MR) is 64.7 cm³/mol. The zero-order valence-electron chi connectivity index (χ0n) is 11.1. The van der Waals surface area contributed by atoms with Crippen molar-refractivity contribution in [3.8, 4) is 0 Å². The van der Waals surface area contributed by atoms with E-state index < -0.39 is 12.8 Å². The van der Waals surface area contributed by atoms with E-state index in [9.17, 15) is 18.0 Å². The molecule has 0 aliphatic carbocycles. The highest BCUT2D eigenvalue weighted by atomic mass is 19.4. The van der Waals surface area contributed by atoms with Crippen LogP contribution in [0.2, 0.25) is 0 Å². The first kappa shape index (κ1) is 16.2. The van der Waals surface area contributed by atoms with Crippen LogP contribution in [-0.2, 0) is 9.53 Å². The van der Waals surface area contributed by atoms with Crippen LogP contribution in [0.4, 0.5) is 13.2 Å². The van der Waals surface area contributed by atoms with Gasteiger partial charge >= 0.3 is 6.18 Å². The number of nitrogens with one attached hydrogen (secondary N) is 2. The average molecular weight is 282 g/mol. The van der Waals surface area contributed by atoms with Crippen molar-refractivity contribution in [2.75, 3.05) is 19.8 Å². The van der Waals surface area contributed by atoms with Gasteiger partial charge in [0.2, 0.25) is 5.91 Å². The molecule has 0 aromatic rings. The lowest BCUT2D eigenvalue weighted by atomic mass is 10.00. The summed E-state index contributed by atoms with van der Waals surface area (Å²) in [6.07, 6.45) is -1.11. The summed E-state index contributed by atoms with van der Waals surface area (Å²) in [5, 5.41) is 6.07. The van der Waals surface area contributed by atoms with Gasteiger partial charge < -0.3 is 15.4 Å². The fourth-order valence-electron chi connectivity index (χ4n) is 2.08. The van der Waals surface area contributed by atoms with Crippen LogP contribution in [0.3, 0.4) is 0 Å². The molecule has 112 valence electrons. The van der Waals surface area contributed by atoms with E-state index in [0.717, 1.165) is 19.3 Å². The van der Waals surface area contributed by atoms with E-state index in [-0.39, 0.29) is 25.0 Å². The summed E-state index contributed by atoms with van der Waals surface area (Å²) in [5.41, 5.74) is 0. The zero-order chi connectivity index (χ0) is 14.3. The molecule has 1 amide bonds. The van der Waals surface area contributed by atoms with Gasteiger partial charge in [-0.15, -0.1) is 0 Å². The number of carbonyl (C=O) groups excluding carboxylic acids is 1. The summed E-state index contributed by atoms with van der Waals surface area (Å²) in [6, 6.07) is 0.703. The molecule has 1 rings (SSSR count). The third-order valence-electron chi connectivity index (χ3n) is 2.99. The van der Waals surface area contributed by atoms with Crippen LogP contribution in [0, 0.1) is 0 Å². The van der Waals surface area contributed by atoms with Gasteiger partial charge in [-0.2, -0.15) is 13.2 Å². The van der Waals surface area contributed by atoms with Gasteiger partial charge in [0.25, 0.3) is 0 Å². The van der Waals surface area contributed by atoms with Crippen molar-refractivity contribution in [2.45, 2.75) is 50.9 Å². The number of amides is 1. The maximum atomic E-state index is 11.8. The standard InChI is InChI=1S/C12H21F3N2O2/c1-9-3-2-4-10(17-9)7-16-11(18)5-6-19-8-12(13,14)15/h9-10,17H,2-8H2,1H3,(H,16,18). The van der Waals surface area contributed by atoms with Crippen LogP contribution in [0.5, 0.6) is 0 Å². The van der Waals surface area contributed by atoms with Crippen molar-refractivity contribution in [2.24, 2.45) is 0 Å². The van der Waals surface area contributed by atoms with E-state index in [1.54, 1.807) is 0 Å². The van der Waals surface area contributed by atoms with Crippen LogP contribution in [-0.4, -0.2) is 43.9 Å². The van der Waals surface area contributed by atoms with Gasteiger partial charge in [-0.05, 0) is 19.8 Å². The van der Waals surface area contributed by atoms with Crippen molar-refractivity contribution in [1.29, 1.82) is 0 Å². The molecule has 0 aromatic heterocycles. The van der Waals surface area contributed by atoms with E-state index in [2.05, 4.69) is 22.3 Å². The van der Waals surface area contributed by atoms with Crippen LogP contribution in [0.15, 0.2) is 0 Å². The molecule has 2 atom stereocenters. The Hall–Kier alpha value is -0.820. The third-order valence-corrected chi connectivity index (χ3v) is 2.99. The van der Waals surface area contributed by atoms with E-state index in [4.69, 9.17) is 0 Å². The van der Waals surface area contributed by atoms with Crippen molar-refractivity contribution in [3.05, 3.63) is 0 Å². The molecule has 1 aliphatic rings. The van der Waals surface area contributed by atoms with E-state index in [1.807, 2.05) is 0 Å². The Balaban J connectivity index is 2.04. The van der Waals surface area contributed by atoms with Gasteiger partial charge in [-0.3, -0.25) is 4.79 Å². The SMILES string of the molecule is CC1CCCC(CNC(=O)CCOCC(F)(F)F)N1. The molecular weight excluding hydrogens is 261 g/mol. The van der Waals surface area contributed by atoms with E-state index in [1.165, 1.54) is 0 Å². The minimum atomic E-state index is -4.33. The first-order valence-electron chi connectivity index (χ1n) is 6.54. The van der Waals surface area contributed by atoms with Gasteiger partial charge in [0.15, 0.2) is 0 Å². The number of piperidine rings is 1. The van der Waals surface area contributed by atoms with Gasteiger partial charge in [-0.25, -0.2) is 0 Å². The first-order valence-corrected chi connectivity index (χ1v) is 6.54. The largest absolute Gasteiger partial charge is 0.411 e. The second-order valence-electron chi connectivity index (χ2n) is 4.92. The van der Waals surface area contributed by atoms with E-state index >= 15 is 0 Å². The molecule has 4 nitrogen and oxygen atoms in total. The topological polar surface area (TPSA) is 50.4 Å². The Morgan fingerprint density at radius 3 is 2.79 bits per heavy atom. The van der Waals surface area contributed by atoms with Crippen LogP contribution >= 0.6 is 0 Å². The van der Waals surface area contributed by atoms with Gasteiger partial charge in [-0.1, -0.05) is 6.42 Å². The molecule has 0 radical (unpaired) electrons. The van der Waals surface area contributed by atoms with Crippen molar-refractivity contribution >= 4 is 5.91 Å². The minimum Gasteiger partial charge on any atom is -0.372 e. The smallest absolute Gasteiger partial charge is 0.372 e. The number of rotatable bonds is 6. The molecule has 2 unspecified atom stereocenters. The summed E-state index contributed by atoms with van der Waals surface area (Å²) in [4.78, 5) is 11.4. The monoisotopic (exact) mass is 282 g/mol. The lowest BCUT2D eigenvalue weighted by molar-refractivity contribution is -0.174. The fourth-order valence-corrected chi connectivity index (χ4v) is 2.08. The van der Waals surface area contributed by atoms with Gasteiger partial charge in [0.1, 0.15) is 6.61 Å². The molecule has 1 saturated heterocycles. The quantitative estimate of drug-likeness (QED) is 0.728. The van der Waals surface area contributed by atoms with Crippen molar-refractivity contribution < 1.29 is 22.7 Å². The molecule has 0 spiro atoms. The summed E-state index contributed by atoms with van der Waals surface area (Å²) in [5.74, 6) is -0.276. The zero-order valence-corrected chi connectivity index (χ0v) is 11.1. The lowest BCUT2D eigenvalue weighted by Crippen LogP contribution is -2.47. The van der Waals surface area contributed by atoms with Crippen molar-refractivity contribution in [1.82, 2.24) is 10.6 Å². The molecule has 1 heterocycles. The van der Waals surface area contributed by atoms with E-state index in [0.29, 0.717) is 12.6 Å². The number of carbonyl (C=O) groups is 1. The normalized spacial score (nSPS) is 24.2. The molecule has 1 aliphatic heterocycles. The highest BCUT2D eigenvalue weighted by molar-refractivity contribution is 5.75. The number of alkyl halides is 3. The molecule has 1 fully saturated rings. The molecular formula is C12H21F3N2O2. The van der Waals surface area contributed by atoms with Crippen molar-refractivity contribution in [3.63, 3.8) is 0 Å². The highest BCUT2D eigenvalue weighted by Crippen LogP contribution is 2.14. The second kappa shape index (κ2) is 7.69. The number of hydrogen-bond acceptors (Lipinski definition) is 3. The summed E-state index contributed by atoms with van der Waals surface area (Å²) in [7, 11) is 0. The summed E-state index contributed by atoms with van der Waals surface area (Å²) >= 11 is 0. The van der Waals surface area contributed by atoms with Crippen LogP contribution in [0.1, 0.15) is 32.6 Å². The van der Waals surface area contributed by atoms with Crippen LogP contribution < -0.4 is 10.6 Å². The average Bonchev–Trinajstić information content (AvgIpc) is 2.31. The lowest BCUT2D eigenvalue weighted by Gasteiger charge is -2.28. The molecule has 0 bridgehead atoms. The summed E-state index contributed by atoms with van der Waals surface area (Å²) in [6.45, 7) is 1.10. The molecule has 0 aromatic carbocycles. The minimum absolute atomic E-state index is 0.0433. The second-order valence-corrected chi connectivity index (χ2v) is 4.92. The highest BCUT2D eigenvalue weighted by Gasteiger charge is 2.27. The Morgan fingerprint density at radius 1 is 1.42 bits per heavy atom. The predicted octanol–water partition coefficient (Wildman–Crippen LogP) is 1.60. The van der Waals surface area contributed by atoms with Gasteiger partial charge in [0.05, 0.1) is 6.61 Å². The first-order chi connectivity index (χ1) is 8.87. The molecule has 2 N–H and O–H groups in total. The fraction of sp³-hybridized carbons (Fsp3) is 0.917. The molecule has 0 saturated carbocycles. The Kier molecular flexibility index (Phi) is 6.57. The Morgan fingerprint density at radius 2 is 2.16 bits per heavy atom. The maximum Gasteiger partial charge on any atom is 0.411 e. The van der Waals surface area contributed by atoms with Crippen LogP contribution in [0.25, 0.3) is 0 Å². The Bertz CT molecular complexity index is 285.